The van der Waals surface area contributed by atoms with E-state index in [4.69, 9.17) is 0 Å². The minimum Gasteiger partial charge on any atom is -0.192 e. The Balaban J connectivity index is 2.72. The smallest absolute Gasteiger partial charge is 0.100 e. The normalized spacial score (nSPS) is 10.2. The lowest BCUT2D eigenvalue weighted by molar-refractivity contribution is 1.25. The summed E-state index contributed by atoms with van der Waals surface area (Å²) in [5.41, 5.74) is 6.39. The van der Waals surface area contributed by atoms with Crippen molar-refractivity contribution in [3.8, 4) is 17.2 Å². The maximum Gasteiger partial charge on any atom is 0.100 e. The molecule has 0 amide bonds. The van der Waals surface area contributed by atoms with Gasteiger partial charge in [0.05, 0.1) is 5.56 Å². The van der Waals surface area contributed by atoms with Crippen molar-refractivity contribution < 1.29 is 0 Å². The highest BCUT2D eigenvalue weighted by Crippen LogP contribution is 2.30. The van der Waals surface area contributed by atoms with E-state index in [9.17, 15) is 5.26 Å². The van der Waals surface area contributed by atoms with E-state index in [1.807, 2.05) is 31.2 Å². The van der Waals surface area contributed by atoms with Gasteiger partial charge in [0.15, 0.2) is 0 Å². The van der Waals surface area contributed by atoms with Crippen molar-refractivity contribution in [1.82, 2.24) is 0 Å². The average molecular weight is 300 g/mol. The van der Waals surface area contributed by atoms with Crippen LogP contribution in [0.2, 0.25) is 0 Å². The van der Waals surface area contributed by atoms with Gasteiger partial charge in [0, 0.05) is 4.47 Å². The maximum atomic E-state index is 9.37. The van der Waals surface area contributed by atoms with Gasteiger partial charge in [-0.3, -0.25) is 0 Å². The van der Waals surface area contributed by atoms with Crippen LogP contribution in [-0.2, 0) is 0 Å². The molecule has 0 heterocycles. The van der Waals surface area contributed by atoms with Crippen LogP contribution in [-0.4, -0.2) is 0 Å². The number of halogens is 1. The molecule has 0 aromatic heterocycles. The van der Waals surface area contributed by atoms with E-state index in [1.54, 1.807) is 0 Å². The first-order chi connectivity index (χ1) is 8.54. The van der Waals surface area contributed by atoms with Crippen molar-refractivity contribution >= 4 is 15.9 Å². The van der Waals surface area contributed by atoms with Crippen LogP contribution in [0.15, 0.2) is 34.8 Å². The lowest BCUT2D eigenvalue weighted by atomic mass is 9.91. The standard InChI is InChI=1S/C16H14BrN/c1-10-8-15(13-4-6-14(17)7-5-13)16(9-18)12(3)11(10)2/h4-8H,1-3H3. The van der Waals surface area contributed by atoms with Crippen molar-refractivity contribution in [2.75, 3.05) is 0 Å². The molecule has 0 saturated heterocycles. The first-order valence-corrected chi connectivity index (χ1v) is 6.60. The van der Waals surface area contributed by atoms with Gasteiger partial charge in [0.1, 0.15) is 6.07 Å². The lowest BCUT2D eigenvalue weighted by Gasteiger charge is -2.12. The van der Waals surface area contributed by atoms with Gasteiger partial charge in [-0.15, -0.1) is 0 Å². The fraction of sp³-hybridized carbons (Fsp3) is 0.188. The fourth-order valence-electron chi connectivity index (χ4n) is 2.08. The molecule has 0 aliphatic rings. The first-order valence-electron chi connectivity index (χ1n) is 5.81. The molecule has 90 valence electrons. The molecule has 2 aromatic rings. The third kappa shape index (κ3) is 2.19. The highest BCUT2D eigenvalue weighted by molar-refractivity contribution is 9.10. The Morgan fingerprint density at radius 3 is 2.17 bits per heavy atom. The SMILES string of the molecule is Cc1cc(-c2ccc(Br)cc2)c(C#N)c(C)c1C. The third-order valence-electron chi connectivity index (χ3n) is 3.43. The molecule has 1 nitrogen and oxygen atoms in total. The molecule has 2 rings (SSSR count). The third-order valence-corrected chi connectivity index (χ3v) is 3.95. The molecule has 0 aliphatic carbocycles. The molecule has 0 fully saturated rings. The first kappa shape index (κ1) is 12.9. The molecule has 0 unspecified atom stereocenters. The second kappa shape index (κ2) is 4.96. The van der Waals surface area contributed by atoms with Crippen molar-refractivity contribution in [2.24, 2.45) is 0 Å². The lowest BCUT2D eigenvalue weighted by Crippen LogP contribution is -1.95. The van der Waals surface area contributed by atoms with Gasteiger partial charge in [-0.2, -0.15) is 5.26 Å². The van der Waals surface area contributed by atoms with Crippen LogP contribution in [0.5, 0.6) is 0 Å². The van der Waals surface area contributed by atoms with Crippen LogP contribution in [0.25, 0.3) is 11.1 Å². The highest BCUT2D eigenvalue weighted by Gasteiger charge is 2.11. The zero-order valence-corrected chi connectivity index (χ0v) is 12.3. The molecule has 0 atom stereocenters. The number of aryl methyl sites for hydroxylation is 1. The van der Waals surface area contributed by atoms with E-state index < -0.39 is 0 Å². The summed E-state index contributed by atoms with van der Waals surface area (Å²) in [6.45, 7) is 6.17. The summed E-state index contributed by atoms with van der Waals surface area (Å²) in [7, 11) is 0. The van der Waals surface area contributed by atoms with Gasteiger partial charge in [0.2, 0.25) is 0 Å². The second-order valence-electron chi connectivity index (χ2n) is 4.48. The number of hydrogen-bond acceptors (Lipinski definition) is 1. The molecule has 0 spiro atoms. The van der Waals surface area contributed by atoms with Crippen LogP contribution in [0.3, 0.4) is 0 Å². The van der Waals surface area contributed by atoms with E-state index in [2.05, 4.69) is 41.9 Å². The molecule has 18 heavy (non-hydrogen) atoms. The number of rotatable bonds is 1. The van der Waals surface area contributed by atoms with Gasteiger partial charge < -0.3 is 0 Å². The maximum absolute atomic E-state index is 9.37. The number of benzene rings is 2. The minimum absolute atomic E-state index is 0.778. The Hall–Kier alpha value is -1.59. The van der Waals surface area contributed by atoms with Gasteiger partial charge >= 0.3 is 0 Å². The summed E-state index contributed by atoms with van der Waals surface area (Å²) in [6.07, 6.45) is 0. The summed E-state index contributed by atoms with van der Waals surface area (Å²) < 4.78 is 1.05. The van der Waals surface area contributed by atoms with Crippen LogP contribution in [0, 0.1) is 32.1 Å². The summed E-state index contributed by atoms with van der Waals surface area (Å²) in [4.78, 5) is 0. The Morgan fingerprint density at radius 2 is 1.61 bits per heavy atom. The Morgan fingerprint density at radius 1 is 1.00 bits per heavy atom. The van der Waals surface area contributed by atoms with Gasteiger partial charge in [-0.05, 0) is 66.8 Å². The van der Waals surface area contributed by atoms with E-state index in [1.165, 1.54) is 11.1 Å². The Labute approximate surface area is 116 Å². The van der Waals surface area contributed by atoms with Crippen molar-refractivity contribution in [3.05, 3.63) is 57.1 Å². The average Bonchev–Trinajstić information content (AvgIpc) is 2.37. The molecular weight excluding hydrogens is 286 g/mol. The van der Waals surface area contributed by atoms with E-state index in [0.29, 0.717) is 0 Å². The zero-order chi connectivity index (χ0) is 13.3. The molecule has 2 aromatic carbocycles. The number of nitrogens with zero attached hydrogens (tertiary/aromatic N) is 1. The molecule has 0 bridgehead atoms. The van der Waals surface area contributed by atoms with Gasteiger partial charge in [-0.1, -0.05) is 28.1 Å². The Kier molecular flexibility index (Phi) is 3.54. The quantitative estimate of drug-likeness (QED) is 0.734. The van der Waals surface area contributed by atoms with Gasteiger partial charge in [0.25, 0.3) is 0 Å². The predicted octanol–water partition coefficient (Wildman–Crippen LogP) is 4.91. The monoisotopic (exact) mass is 299 g/mol. The highest BCUT2D eigenvalue weighted by atomic mass is 79.9. The second-order valence-corrected chi connectivity index (χ2v) is 5.40. The number of nitriles is 1. The van der Waals surface area contributed by atoms with Crippen molar-refractivity contribution in [3.63, 3.8) is 0 Å². The number of hydrogen-bond donors (Lipinski definition) is 0. The van der Waals surface area contributed by atoms with E-state index in [-0.39, 0.29) is 0 Å². The van der Waals surface area contributed by atoms with Crippen LogP contribution in [0.4, 0.5) is 0 Å². The van der Waals surface area contributed by atoms with Gasteiger partial charge in [-0.25, -0.2) is 0 Å². The van der Waals surface area contributed by atoms with E-state index >= 15 is 0 Å². The molecule has 0 aliphatic heterocycles. The topological polar surface area (TPSA) is 23.8 Å². The molecule has 2 heteroatoms. The van der Waals surface area contributed by atoms with Crippen LogP contribution in [0.1, 0.15) is 22.3 Å². The molecule has 0 N–H and O–H groups in total. The summed E-state index contributed by atoms with van der Waals surface area (Å²) in [5.74, 6) is 0. The van der Waals surface area contributed by atoms with Crippen molar-refractivity contribution in [2.45, 2.75) is 20.8 Å². The van der Waals surface area contributed by atoms with Crippen molar-refractivity contribution in [1.29, 1.82) is 5.26 Å². The molecular formula is C16H14BrN. The van der Waals surface area contributed by atoms with Crippen LogP contribution >= 0.6 is 15.9 Å². The summed E-state index contributed by atoms with van der Waals surface area (Å²) >= 11 is 3.43. The van der Waals surface area contributed by atoms with E-state index in [0.717, 1.165) is 26.7 Å². The predicted molar refractivity (Wildman–Crippen MR) is 78.5 cm³/mol. The Bertz CT molecular complexity index is 634. The molecule has 0 saturated carbocycles. The zero-order valence-electron chi connectivity index (χ0n) is 10.7. The van der Waals surface area contributed by atoms with Crippen LogP contribution < -0.4 is 0 Å². The summed E-state index contributed by atoms with van der Waals surface area (Å²) in [6, 6.07) is 12.5. The summed E-state index contributed by atoms with van der Waals surface area (Å²) in [5, 5.41) is 9.37. The molecule has 0 radical (unpaired) electrons. The largest absolute Gasteiger partial charge is 0.192 e. The minimum atomic E-state index is 0.778. The fourth-order valence-corrected chi connectivity index (χ4v) is 2.35.